The molecule has 3 aromatic heterocycles. The van der Waals surface area contributed by atoms with Gasteiger partial charge in [0.05, 0.1) is 22.7 Å². The Morgan fingerprint density at radius 2 is 1.87 bits per heavy atom. The van der Waals surface area contributed by atoms with Crippen molar-refractivity contribution >= 4 is 51.8 Å². The summed E-state index contributed by atoms with van der Waals surface area (Å²) in [6, 6.07) is 7.33. The van der Waals surface area contributed by atoms with Gasteiger partial charge in [-0.3, -0.25) is 4.98 Å². The Bertz CT molecular complexity index is 1570. The number of carboxylic acid groups (broad SMARTS) is 1. The van der Waals surface area contributed by atoms with Crippen LogP contribution < -0.4 is 9.64 Å². The minimum atomic E-state index is -1.08. The smallest absolute Gasteiger partial charge is 0.354 e. The Morgan fingerprint density at radius 3 is 2.54 bits per heavy atom. The van der Waals surface area contributed by atoms with E-state index in [2.05, 4.69) is 32.2 Å². The minimum Gasteiger partial charge on any atom is -0.496 e. The summed E-state index contributed by atoms with van der Waals surface area (Å²) in [5, 5.41) is 15.4. The molecule has 1 aliphatic heterocycles. The van der Waals surface area contributed by atoms with Crippen LogP contribution in [0.4, 0.5) is 5.69 Å². The van der Waals surface area contributed by atoms with Crippen molar-refractivity contribution < 1.29 is 19.2 Å². The van der Waals surface area contributed by atoms with E-state index < -0.39 is 5.97 Å². The van der Waals surface area contributed by atoms with Crippen LogP contribution in [0.2, 0.25) is 10.0 Å². The first kappa shape index (κ1) is 25.6. The van der Waals surface area contributed by atoms with Gasteiger partial charge in [-0.2, -0.15) is 0 Å². The number of aromatic carboxylic acids is 1. The van der Waals surface area contributed by atoms with Gasteiger partial charge in [-0.05, 0) is 49.8 Å². The molecule has 0 atom stereocenters. The van der Waals surface area contributed by atoms with Crippen molar-refractivity contribution in [1.82, 2.24) is 15.1 Å². The van der Waals surface area contributed by atoms with Gasteiger partial charge in [0.15, 0.2) is 5.69 Å². The van der Waals surface area contributed by atoms with Crippen LogP contribution in [0.5, 0.6) is 5.75 Å². The van der Waals surface area contributed by atoms with Crippen molar-refractivity contribution in [2.75, 3.05) is 25.1 Å². The Kier molecular flexibility index (Phi) is 6.91. The molecule has 2 aliphatic rings. The molecular weight excluding hydrogens is 539 g/mol. The number of piperidine rings is 1. The van der Waals surface area contributed by atoms with E-state index in [0.717, 1.165) is 61.2 Å². The number of aromatic nitrogens is 3. The van der Waals surface area contributed by atoms with Crippen LogP contribution in [0.1, 0.15) is 53.4 Å². The maximum Gasteiger partial charge on any atom is 0.354 e. The number of anilines is 1. The Balaban J connectivity index is 1.20. The van der Waals surface area contributed by atoms with Crippen molar-refractivity contribution in [2.45, 2.75) is 31.6 Å². The SMILES string of the molecule is COc1cc(C(=O)O)nc2ccc(N3CCC(/C=C/c4c(-c5c(Cl)cncc5Cl)noc4C4CC4)CC3)cc12. The number of hydrogen-bond donors (Lipinski definition) is 1. The number of ether oxygens (including phenoxy) is 1. The molecule has 6 rings (SSSR count). The van der Waals surface area contributed by atoms with E-state index in [1.165, 1.54) is 13.2 Å². The fraction of sp³-hybridized carbons (Fsp3) is 0.310. The van der Waals surface area contributed by atoms with Crippen molar-refractivity contribution in [3.05, 3.63) is 69.8 Å². The van der Waals surface area contributed by atoms with Gasteiger partial charge >= 0.3 is 5.97 Å². The molecule has 1 saturated carbocycles. The van der Waals surface area contributed by atoms with E-state index in [1.807, 2.05) is 18.2 Å². The lowest BCUT2D eigenvalue weighted by Crippen LogP contribution is -2.33. The van der Waals surface area contributed by atoms with Crippen molar-refractivity contribution in [3.63, 3.8) is 0 Å². The van der Waals surface area contributed by atoms with E-state index >= 15 is 0 Å². The average Bonchev–Trinajstić information content (AvgIpc) is 3.71. The zero-order chi connectivity index (χ0) is 27.1. The largest absolute Gasteiger partial charge is 0.496 e. The molecule has 8 nitrogen and oxygen atoms in total. The minimum absolute atomic E-state index is 0.0333. The highest BCUT2D eigenvalue weighted by atomic mass is 35.5. The van der Waals surface area contributed by atoms with Gasteiger partial charge in [0.1, 0.15) is 17.2 Å². The molecule has 1 aliphatic carbocycles. The second-order valence-corrected chi connectivity index (χ2v) is 10.8. The van der Waals surface area contributed by atoms with E-state index in [4.69, 9.17) is 32.5 Å². The van der Waals surface area contributed by atoms with Crippen LogP contribution in [0, 0.1) is 5.92 Å². The molecule has 1 saturated heterocycles. The summed E-state index contributed by atoms with van der Waals surface area (Å²) in [4.78, 5) is 22.1. The molecule has 0 spiro atoms. The predicted octanol–water partition coefficient (Wildman–Crippen LogP) is 7.11. The molecule has 0 radical (unpaired) electrons. The maximum absolute atomic E-state index is 11.4. The average molecular weight is 565 g/mol. The predicted molar refractivity (Wildman–Crippen MR) is 151 cm³/mol. The molecule has 0 amide bonds. The Labute approximate surface area is 235 Å². The van der Waals surface area contributed by atoms with E-state index in [9.17, 15) is 9.90 Å². The van der Waals surface area contributed by atoms with Gasteiger partial charge in [0.2, 0.25) is 0 Å². The quantitative estimate of drug-likeness (QED) is 0.253. The third-order valence-electron chi connectivity index (χ3n) is 7.43. The second-order valence-electron chi connectivity index (χ2n) is 9.96. The van der Waals surface area contributed by atoms with Crippen molar-refractivity contribution in [2.24, 2.45) is 5.92 Å². The number of fused-ring (bicyclic) bond motifs is 1. The van der Waals surface area contributed by atoms with Crippen LogP contribution >= 0.6 is 23.2 Å². The molecule has 1 aromatic carbocycles. The van der Waals surface area contributed by atoms with Crippen LogP contribution in [0.15, 0.2) is 47.3 Å². The van der Waals surface area contributed by atoms with Gasteiger partial charge in [-0.1, -0.05) is 40.5 Å². The molecule has 39 heavy (non-hydrogen) atoms. The highest BCUT2D eigenvalue weighted by molar-refractivity contribution is 6.39. The first-order valence-electron chi connectivity index (χ1n) is 12.9. The van der Waals surface area contributed by atoms with Crippen LogP contribution in [0.3, 0.4) is 0 Å². The number of nitrogens with zero attached hydrogens (tertiary/aromatic N) is 4. The zero-order valence-corrected chi connectivity index (χ0v) is 22.7. The van der Waals surface area contributed by atoms with E-state index in [0.29, 0.717) is 44.4 Å². The first-order valence-corrected chi connectivity index (χ1v) is 13.6. The molecule has 2 fully saturated rings. The second kappa shape index (κ2) is 10.5. The topological polar surface area (TPSA) is 102 Å². The first-order chi connectivity index (χ1) is 18.9. The Hall–Kier alpha value is -3.62. The fourth-order valence-corrected chi connectivity index (χ4v) is 5.71. The molecule has 4 heterocycles. The highest BCUT2D eigenvalue weighted by Gasteiger charge is 2.33. The van der Waals surface area contributed by atoms with Crippen molar-refractivity contribution in [1.29, 1.82) is 0 Å². The highest BCUT2D eigenvalue weighted by Crippen LogP contribution is 2.46. The molecule has 0 unspecified atom stereocenters. The summed E-state index contributed by atoms with van der Waals surface area (Å²) in [5.74, 6) is 1.10. The number of benzene rings is 1. The third-order valence-corrected chi connectivity index (χ3v) is 8.00. The number of carboxylic acids is 1. The van der Waals surface area contributed by atoms with E-state index in [-0.39, 0.29) is 5.69 Å². The molecule has 4 aromatic rings. The lowest BCUT2D eigenvalue weighted by Gasteiger charge is -2.32. The zero-order valence-electron chi connectivity index (χ0n) is 21.2. The maximum atomic E-state index is 11.4. The van der Waals surface area contributed by atoms with Gasteiger partial charge in [-0.25, -0.2) is 9.78 Å². The molecular formula is C29H26Cl2N4O4. The van der Waals surface area contributed by atoms with Crippen LogP contribution in [-0.4, -0.2) is 46.4 Å². The number of pyridine rings is 2. The standard InChI is InChI=1S/C29H26Cl2N4O4/c1-38-25-13-24(29(36)37)33-23-7-5-18(12-20(23)25)35-10-8-16(9-11-35)2-6-19-27(34-39-28(19)17-3-4-17)26-21(30)14-32-15-22(26)31/h2,5-7,12-17H,3-4,8-11H2,1H3,(H,36,37)/b6-2+. The third kappa shape index (κ3) is 5.06. The summed E-state index contributed by atoms with van der Waals surface area (Å²) in [6.07, 6.45) is 11.7. The van der Waals surface area contributed by atoms with Gasteiger partial charge in [0, 0.05) is 59.7 Å². The summed E-state index contributed by atoms with van der Waals surface area (Å²) in [7, 11) is 1.54. The summed E-state index contributed by atoms with van der Waals surface area (Å²) >= 11 is 12.9. The van der Waals surface area contributed by atoms with E-state index in [1.54, 1.807) is 12.4 Å². The van der Waals surface area contributed by atoms with Gasteiger partial charge in [0.25, 0.3) is 0 Å². The number of hydrogen-bond acceptors (Lipinski definition) is 7. The lowest BCUT2D eigenvalue weighted by molar-refractivity contribution is 0.0690. The number of carbonyl (C=O) groups is 1. The van der Waals surface area contributed by atoms with Gasteiger partial charge < -0.3 is 19.3 Å². The van der Waals surface area contributed by atoms with Crippen molar-refractivity contribution in [3.8, 4) is 17.0 Å². The van der Waals surface area contributed by atoms with Gasteiger partial charge in [-0.15, -0.1) is 0 Å². The molecule has 10 heteroatoms. The molecule has 1 N–H and O–H groups in total. The van der Waals surface area contributed by atoms with Crippen LogP contribution in [-0.2, 0) is 0 Å². The molecule has 200 valence electrons. The Morgan fingerprint density at radius 1 is 1.13 bits per heavy atom. The molecule has 0 bridgehead atoms. The monoisotopic (exact) mass is 564 g/mol. The summed E-state index contributed by atoms with van der Waals surface area (Å²) < 4.78 is 11.2. The normalized spacial score (nSPS) is 16.3. The number of methoxy groups -OCH3 is 1. The number of allylic oxidation sites excluding steroid dienone is 1. The summed E-state index contributed by atoms with van der Waals surface area (Å²) in [6.45, 7) is 1.77. The number of halogens is 2. The van der Waals surface area contributed by atoms with Crippen LogP contribution in [0.25, 0.3) is 28.2 Å². The number of rotatable bonds is 7. The fourth-order valence-electron chi connectivity index (χ4n) is 5.17. The lowest BCUT2D eigenvalue weighted by atomic mass is 9.94. The summed E-state index contributed by atoms with van der Waals surface area (Å²) in [5.41, 5.74) is 3.88.